The second kappa shape index (κ2) is 6.39. The molecule has 0 aromatic carbocycles. The van der Waals surface area contributed by atoms with Crippen molar-refractivity contribution in [2.45, 2.75) is 13.8 Å². The van der Waals surface area contributed by atoms with Gasteiger partial charge in [0.1, 0.15) is 0 Å². The van der Waals surface area contributed by atoms with Gasteiger partial charge in [-0.3, -0.25) is 0 Å². The van der Waals surface area contributed by atoms with E-state index >= 15 is 0 Å². The highest BCUT2D eigenvalue weighted by Crippen LogP contribution is 2.05. The Hall–Kier alpha value is -2.11. The highest BCUT2D eigenvalue weighted by Gasteiger charge is 2.18. The Balaban J connectivity index is 4.83. The van der Waals surface area contributed by atoms with E-state index < -0.39 is 23.7 Å². The van der Waals surface area contributed by atoms with E-state index in [-0.39, 0.29) is 12.2 Å². The molecule has 0 radical (unpaired) electrons. The molecule has 1 N–H and O–H groups in total. The Labute approximate surface area is 92.2 Å². The molecule has 0 bridgehead atoms. The van der Waals surface area contributed by atoms with E-state index in [4.69, 9.17) is 5.11 Å². The van der Waals surface area contributed by atoms with Crippen molar-refractivity contribution in [2.75, 3.05) is 6.61 Å². The van der Waals surface area contributed by atoms with Crippen molar-refractivity contribution in [1.82, 2.24) is 0 Å². The van der Waals surface area contributed by atoms with Gasteiger partial charge in [-0.05, 0) is 13.8 Å². The van der Waals surface area contributed by atoms with Crippen LogP contribution in [0.1, 0.15) is 13.8 Å². The fraction of sp³-hybridized carbons (Fsp3) is 0.300. The first-order chi connectivity index (χ1) is 7.38. The summed E-state index contributed by atoms with van der Waals surface area (Å²) < 4.78 is 9.01. The summed E-state index contributed by atoms with van der Waals surface area (Å²) in [4.78, 5) is 32.6. The van der Waals surface area contributed by atoms with Gasteiger partial charge in [-0.25, -0.2) is 14.4 Å². The number of hydrogen-bond acceptors (Lipinski definition) is 5. The number of rotatable bonds is 5. The molecule has 0 saturated heterocycles. The van der Waals surface area contributed by atoms with Gasteiger partial charge in [0.25, 0.3) is 0 Å². The Bertz CT molecular complexity index is 352. The number of ether oxygens (including phenoxy) is 2. The van der Waals surface area contributed by atoms with E-state index in [1.807, 2.05) is 0 Å². The predicted octanol–water partition coefficient (Wildman–Crippen LogP) is 0.637. The number of carboxylic acid groups (broad SMARTS) is 1. The summed E-state index contributed by atoms with van der Waals surface area (Å²) in [6.07, 6.45) is 0.457. The lowest BCUT2D eigenvalue weighted by Crippen LogP contribution is -2.16. The third kappa shape index (κ3) is 4.94. The molecule has 0 heterocycles. The Kier molecular flexibility index (Phi) is 5.55. The van der Waals surface area contributed by atoms with E-state index in [1.54, 1.807) is 0 Å². The second-order valence-electron chi connectivity index (χ2n) is 2.74. The van der Waals surface area contributed by atoms with Crippen LogP contribution in [0.3, 0.4) is 0 Å². The van der Waals surface area contributed by atoms with Crippen molar-refractivity contribution in [2.24, 2.45) is 0 Å². The van der Waals surface area contributed by atoms with Gasteiger partial charge in [0.05, 0.1) is 12.7 Å². The highest BCUT2D eigenvalue weighted by atomic mass is 16.6. The van der Waals surface area contributed by atoms with Crippen molar-refractivity contribution in [3.63, 3.8) is 0 Å². The number of carbonyl (C=O) groups excluding carboxylic acids is 2. The molecule has 16 heavy (non-hydrogen) atoms. The fourth-order valence-corrected chi connectivity index (χ4v) is 0.631. The van der Waals surface area contributed by atoms with Crippen LogP contribution in [0.5, 0.6) is 0 Å². The van der Waals surface area contributed by atoms with Gasteiger partial charge < -0.3 is 14.6 Å². The van der Waals surface area contributed by atoms with E-state index in [0.29, 0.717) is 6.08 Å². The van der Waals surface area contributed by atoms with E-state index in [2.05, 4.69) is 16.1 Å². The third-order valence-electron chi connectivity index (χ3n) is 1.28. The molecule has 0 atom stereocenters. The average Bonchev–Trinajstić information content (AvgIpc) is 2.16. The second-order valence-corrected chi connectivity index (χ2v) is 2.74. The minimum absolute atomic E-state index is 0.0421. The van der Waals surface area contributed by atoms with Crippen LogP contribution in [-0.2, 0) is 23.9 Å². The van der Waals surface area contributed by atoms with E-state index in [9.17, 15) is 14.4 Å². The Morgan fingerprint density at radius 3 is 2.25 bits per heavy atom. The summed E-state index contributed by atoms with van der Waals surface area (Å²) in [6.45, 7) is 6.24. The van der Waals surface area contributed by atoms with Gasteiger partial charge in [0.15, 0.2) is 0 Å². The van der Waals surface area contributed by atoms with Gasteiger partial charge in [-0.1, -0.05) is 6.58 Å². The maximum Gasteiger partial charge on any atom is 0.374 e. The Morgan fingerprint density at radius 2 is 1.88 bits per heavy atom. The van der Waals surface area contributed by atoms with Crippen LogP contribution in [0, 0.1) is 0 Å². The van der Waals surface area contributed by atoms with Gasteiger partial charge in [-0.15, -0.1) is 0 Å². The van der Waals surface area contributed by atoms with Crippen LogP contribution in [0.25, 0.3) is 0 Å². The van der Waals surface area contributed by atoms with Crippen LogP contribution in [-0.4, -0.2) is 29.6 Å². The molecule has 6 nitrogen and oxygen atoms in total. The van der Waals surface area contributed by atoms with Crippen LogP contribution >= 0.6 is 0 Å². The monoisotopic (exact) mass is 228 g/mol. The smallest absolute Gasteiger partial charge is 0.374 e. The molecule has 0 aliphatic rings. The van der Waals surface area contributed by atoms with Gasteiger partial charge in [-0.2, -0.15) is 0 Å². The van der Waals surface area contributed by atoms with E-state index in [1.165, 1.54) is 13.8 Å². The first-order valence-electron chi connectivity index (χ1n) is 4.38. The summed E-state index contributed by atoms with van der Waals surface area (Å²) in [6, 6.07) is 0. The molecule has 0 spiro atoms. The lowest BCUT2D eigenvalue weighted by atomic mass is 10.3. The molecule has 0 aliphatic carbocycles. The molecule has 0 unspecified atom stereocenters. The van der Waals surface area contributed by atoms with Crippen molar-refractivity contribution in [1.29, 1.82) is 0 Å². The van der Waals surface area contributed by atoms with Crippen molar-refractivity contribution >= 4 is 17.9 Å². The minimum atomic E-state index is -1.42. The maximum absolute atomic E-state index is 11.2. The molecular weight excluding hydrogens is 216 g/mol. The number of carboxylic acids is 1. The molecule has 88 valence electrons. The van der Waals surface area contributed by atoms with Crippen molar-refractivity contribution in [3.8, 4) is 0 Å². The topological polar surface area (TPSA) is 89.9 Å². The predicted molar refractivity (Wildman–Crippen MR) is 53.3 cm³/mol. The molecule has 0 aliphatic heterocycles. The third-order valence-corrected chi connectivity index (χ3v) is 1.28. The van der Waals surface area contributed by atoms with E-state index in [0.717, 1.165) is 0 Å². The van der Waals surface area contributed by atoms with Crippen molar-refractivity contribution < 1.29 is 29.0 Å². The molecule has 0 aromatic heterocycles. The van der Waals surface area contributed by atoms with Crippen molar-refractivity contribution in [3.05, 3.63) is 24.0 Å². The summed E-state index contributed by atoms with van der Waals surface area (Å²) in [5, 5.41) is 8.45. The zero-order valence-corrected chi connectivity index (χ0v) is 8.98. The highest BCUT2D eigenvalue weighted by molar-refractivity contribution is 5.98. The first kappa shape index (κ1) is 13.9. The largest absolute Gasteiger partial charge is 0.478 e. The number of aliphatic carboxylic acids is 1. The quantitative estimate of drug-likeness (QED) is 0.422. The van der Waals surface area contributed by atoms with Crippen LogP contribution in [0.2, 0.25) is 0 Å². The number of hydrogen-bond donors (Lipinski definition) is 1. The zero-order valence-electron chi connectivity index (χ0n) is 8.98. The summed E-state index contributed by atoms with van der Waals surface area (Å²) in [5.74, 6) is -4.00. The average molecular weight is 228 g/mol. The zero-order chi connectivity index (χ0) is 12.7. The van der Waals surface area contributed by atoms with Crippen LogP contribution < -0.4 is 0 Å². The Morgan fingerprint density at radius 1 is 1.31 bits per heavy atom. The summed E-state index contributed by atoms with van der Waals surface area (Å²) in [7, 11) is 0. The molecule has 6 heteroatoms. The van der Waals surface area contributed by atoms with Gasteiger partial charge >= 0.3 is 17.9 Å². The molecule has 0 aromatic rings. The molecular formula is C10H12O6. The molecule has 0 fully saturated rings. The lowest BCUT2D eigenvalue weighted by Gasteiger charge is -2.06. The number of esters is 2. The summed E-state index contributed by atoms with van der Waals surface area (Å²) in [5.41, 5.74) is 0.0422. The van der Waals surface area contributed by atoms with Crippen LogP contribution in [0.15, 0.2) is 24.0 Å². The van der Waals surface area contributed by atoms with Gasteiger partial charge in [0, 0.05) is 5.57 Å². The van der Waals surface area contributed by atoms with Crippen LogP contribution in [0.4, 0.5) is 0 Å². The fourth-order valence-electron chi connectivity index (χ4n) is 0.631. The summed E-state index contributed by atoms with van der Waals surface area (Å²) >= 11 is 0. The number of carbonyl (C=O) groups is 3. The molecule has 0 rings (SSSR count). The standard InChI is InChI=1S/C10H12O6/c1-4-15-10(14)7(5-8(11)12)16-9(13)6(2)3/h5H,2,4H2,1,3H3,(H,11,12). The minimum Gasteiger partial charge on any atom is -0.478 e. The molecule has 0 amide bonds. The normalized spacial score (nSPS) is 10.5. The lowest BCUT2D eigenvalue weighted by molar-refractivity contribution is -0.149. The maximum atomic E-state index is 11.2. The van der Waals surface area contributed by atoms with Gasteiger partial charge in [0.2, 0.25) is 5.76 Å². The first-order valence-corrected chi connectivity index (χ1v) is 4.38. The SMILES string of the molecule is C=C(C)C(=O)OC(=CC(=O)O)C(=O)OCC. The molecule has 0 saturated carbocycles.